The van der Waals surface area contributed by atoms with Crippen molar-refractivity contribution in [1.29, 1.82) is 0 Å². The van der Waals surface area contributed by atoms with Crippen LogP contribution in [0, 0.1) is 6.92 Å². The Hall–Kier alpha value is -3.99. The number of nitrogens with one attached hydrogen (secondary N) is 1. The summed E-state index contributed by atoms with van der Waals surface area (Å²) in [6, 6.07) is 18.3. The van der Waals surface area contributed by atoms with E-state index in [1.807, 2.05) is 72.2 Å². The summed E-state index contributed by atoms with van der Waals surface area (Å²) in [5.74, 6) is 1.79. The molecule has 1 atom stereocenters. The number of aryl methyl sites for hydroxylation is 1. The van der Waals surface area contributed by atoms with Gasteiger partial charge in [-0.1, -0.05) is 41.9 Å². The van der Waals surface area contributed by atoms with Crippen LogP contribution < -0.4 is 15.5 Å². The summed E-state index contributed by atoms with van der Waals surface area (Å²) in [6.45, 7) is 2.57. The predicted octanol–water partition coefficient (Wildman–Crippen LogP) is 3.05. The first-order valence-corrected chi connectivity index (χ1v) is 12.9. The molecule has 0 saturated heterocycles. The van der Waals surface area contributed by atoms with E-state index in [9.17, 15) is 9.82 Å². The van der Waals surface area contributed by atoms with E-state index in [2.05, 4.69) is 15.5 Å². The third-order valence-corrected chi connectivity index (χ3v) is 7.24. The van der Waals surface area contributed by atoms with Crippen molar-refractivity contribution >= 4 is 35.8 Å². The number of carbonyl (C=O) groups excluding carboxylic acids is 1. The van der Waals surface area contributed by atoms with Crippen LogP contribution in [0.25, 0.3) is 5.69 Å². The minimum atomic E-state index is -0.892. The molecule has 1 aromatic heterocycles. The van der Waals surface area contributed by atoms with Gasteiger partial charge in [-0.3, -0.25) is 14.4 Å². The molecule has 2 aliphatic heterocycles. The molecule has 0 radical (unpaired) electrons. The zero-order valence-electron chi connectivity index (χ0n) is 21.4. The summed E-state index contributed by atoms with van der Waals surface area (Å²) in [5, 5.41) is 22.2. The number of amides is 1. The molecule has 6 rings (SSSR count). The van der Waals surface area contributed by atoms with Crippen LogP contribution in [-0.2, 0) is 22.6 Å². The van der Waals surface area contributed by atoms with Crippen LogP contribution in [0.5, 0.6) is 5.75 Å². The number of aliphatic imine (C=N–C) groups is 1. The Morgan fingerprint density at radius 3 is 2.79 bits per heavy atom. The highest BCUT2D eigenvalue weighted by Crippen LogP contribution is 2.34. The minimum Gasteiger partial charge on any atom is -0.497 e. The van der Waals surface area contributed by atoms with Gasteiger partial charge in [-0.25, -0.2) is 0 Å². The van der Waals surface area contributed by atoms with Crippen LogP contribution in [0.1, 0.15) is 46.4 Å². The Morgan fingerprint density at radius 1 is 1.18 bits per heavy atom. The first kappa shape index (κ1) is 25.3. The third kappa shape index (κ3) is 4.82. The Morgan fingerprint density at radius 2 is 2.00 bits per heavy atom. The van der Waals surface area contributed by atoms with E-state index >= 15 is 0 Å². The lowest BCUT2D eigenvalue weighted by molar-refractivity contribution is -0.121. The monoisotopic (exact) mass is 541 g/mol. The molecule has 4 aromatic rings. The fraction of sp³-hybridized carbons (Fsp3) is 0.214. The van der Waals surface area contributed by atoms with Gasteiger partial charge < -0.3 is 19.7 Å². The number of hydrogen-bond donors (Lipinski definition) is 2. The Bertz CT molecular complexity index is 1600. The molecular formula is C28H25BClN5O4. The average molecular weight is 542 g/mol. The first-order chi connectivity index (χ1) is 18.9. The normalized spacial score (nSPS) is 15.6. The highest BCUT2D eigenvalue weighted by Gasteiger charge is 2.30. The molecule has 11 heteroatoms. The Labute approximate surface area is 230 Å². The van der Waals surface area contributed by atoms with E-state index in [1.54, 1.807) is 7.11 Å². The molecule has 0 aliphatic carbocycles. The van der Waals surface area contributed by atoms with E-state index in [-0.39, 0.29) is 12.3 Å². The zero-order valence-corrected chi connectivity index (χ0v) is 22.1. The third-order valence-electron chi connectivity index (χ3n) is 6.99. The number of ether oxygens (including phenoxy) is 1. The molecule has 39 heavy (non-hydrogen) atoms. The molecule has 0 unspecified atom stereocenters. The van der Waals surface area contributed by atoms with Gasteiger partial charge in [0.1, 0.15) is 17.6 Å². The summed E-state index contributed by atoms with van der Waals surface area (Å²) >= 11 is 6.17. The van der Waals surface area contributed by atoms with Crippen LogP contribution in [0.3, 0.4) is 0 Å². The van der Waals surface area contributed by atoms with E-state index < -0.39 is 13.2 Å². The van der Waals surface area contributed by atoms with E-state index in [1.165, 1.54) is 0 Å². The van der Waals surface area contributed by atoms with Crippen molar-refractivity contribution in [1.82, 2.24) is 20.1 Å². The van der Waals surface area contributed by atoms with Gasteiger partial charge in [0.05, 0.1) is 31.5 Å². The second kappa shape index (κ2) is 10.3. The molecule has 0 spiro atoms. The number of benzene rings is 3. The average Bonchev–Trinajstić information content (AvgIpc) is 3.48. The number of halogens is 1. The van der Waals surface area contributed by atoms with Crippen molar-refractivity contribution in [3.8, 4) is 11.4 Å². The topological polar surface area (TPSA) is 111 Å². The summed E-state index contributed by atoms with van der Waals surface area (Å²) in [7, 11) is 0.729. The van der Waals surface area contributed by atoms with Crippen LogP contribution in [-0.4, -0.2) is 45.6 Å². The van der Waals surface area contributed by atoms with E-state index in [4.69, 9.17) is 26.0 Å². The van der Waals surface area contributed by atoms with Crippen molar-refractivity contribution in [2.24, 2.45) is 4.99 Å². The number of rotatable bonds is 6. The molecule has 3 heterocycles. The predicted molar refractivity (Wildman–Crippen MR) is 148 cm³/mol. The first-order valence-electron chi connectivity index (χ1n) is 12.5. The molecule has 0 fully saturated rings. The largest absolute Gasteiger partial charge is 0.497 e. The molecule has 0 bridgehead atoms. The van der Waals surface area contributed by atoms with E-state index in [0.717, 1.165) is 33.4 Å². The standard InChI is InChI=1S/C28H25BClN5O4/c1-16-33-34-28-24(13-26(36)31-14-17-3-9-23-19(11-17)15-39-29(23)37)32-27(18-4-6-20(30)7-5-18)22-12-21(38-2)8-10-25(22)35(16)28/h3-12,24,37H,13-15H2,1-2H3,(H,31,36)/t24-/m0/s1. The number of methoxy groups -OCH3 is 1. The maximum absolute atomic E-state index is 13.2. The molecule has 0 saturated carbocycles. The summed E-state index contributed by atoms with van der Waals surface area (Å²) in [5.41, 5.74) is 5.87. The van der Waals surface area contributed by atoms with Crippen molar-refractivity contribution < 1.29 is 19.2 Å². The van der Waals surface area contributed by atoms with Gasteiger partial charge in [-0.05, 0) is 53.8 Å². The summed E-state index contributed by atoms with van der Waals surface area (Å²) < 4.78 is 12.7. The summed E-state index contributed by atoms with van der Waals surface area (Å²) in [4.78, 5) is 18.3. The Kier molecular flexibility index (Phi) is 6.68. The molecule has 3 aromatic carbocycles. The fourth-order valence-electron chi connectivity index (χ4n) is 5.02. The van der Waals surface area contributed by atoms with Gasteiger partial charge in [-0.2, -0.15) is 0 Å². The molecular weight excluding hydrogens is 517 g/mol. The van der Waals surface area contributed by atoms with Gasteiger partial charge >= 0.3 is 7.12 Å². The van der Waals surface area contributed by atoms with Gasteiger partial charge in [0.2, 0.25) is 5.91 Å². The molecule has 2 N–H and O–H groups in total. The molecule has 1 amide bonds. The van der Waals surface area contributed by atoms with Crippen molar-refractivity contribution in [3.63, 3.8) is 0 Å². The quantitative estimate of drug-likeness (QED) is 0.363. The lowest BCUT2D eigenvalue weighted by atomic mass is 9.79. The zero-order chi connectivity index (χ0) is 27.1. The van der Waals surface area contributed by atoms with Crippen LogP contribution in [0.2, 0.25) is 5.02 Å². The summed E-state index contributed by atoms with van der Waals surface area (Å²) in [6.07, 6.45) is 0.0765. The number of fused-ring (bicyclic) bond motifs is 4. The van der Waals surface area contributed by atoms with E-state index in [0.29, 0.717) is 41.3 Å². The lowest BCUT2D eigenvalue weighted by Gasteiger charge is -2.14. The number of aromatic nitrogens is 3. The smallest absolute Gasteiger partial charge is 0.491 e. The Balaban J connectivity index is 1.33. The van der Waals surface area contributed by atoms with Crippen LogP contribution in [0.15, 0.2) is 65.7 Å². The van der Waals surface area contributed by atoms with Crippen LogP contribution >= 0.6 is 11.6 Å². The number of hydrogen-bond acceptors (Lipinski definition) is 7. The number of carbonyl (C=O) groups is 1. The van der Waals surface area contributed by atoms with Crippen molar-refractivity contribution in [2.45, 2.75) is 32.5 Å². The van der Waals surface area contributed by atoms with Gasteiger partial charge in [0.25, 0.3) is 0 Å². The molecule has 2 aliphatic rings. The van der Waals surface area contributed by atoms with Crippen LogP contribution in [0.4, 0.5) is 0 Å². The van der Waals surface area contributed by atoms with Gasteiger partial charge in [0.15, 0.2) is 5.82 Å². The lowest BCUT2D eigenvalue weighted by Crippen LogP contribution is -2.28. The molecule has 196 valence electrons. The molecule has 9 nitrogen and oxygen atoms in total. The number of nitrogens with zero attached hydrogens (tertiary/aromatic N) is 4. The maximum atomic E-state index is 13.2. The van der Waals surface area contributed by atoms with Crippen molar-refractivity contribution in [3.05, 3.63) is 99.6 Å². The SMILES string of the molecule is COc1ccc2c(c1)C(c1ccc(Cl)cc1)=N[C@@H](CC(=O)NCc1ccc3c(c1)COB3O)c1nnc(C)n1-2. The van der Waals surface area contributed by atoms with Gasteiger partial charge in [-0.15, -0.1) is 10.2 Å². The van der Waals surface area contributed by atoms with Crippen molar-refractivity contribution in [2.75, 3.05) is 7.11 Å². The highest BCUT2D eigenvalue weighted by molar-refractivity contribution is 6.61. The minimum absolute atomic E-state index is 0.0765. The van der Waals surface area contributed by atoms with Gasteiger partial charge in [0, 0.05) is 22.7 Å². The maximum Gasteiger partial charge on any atom is 0.491 e. The second-order valence-electron chi connectivity index (χ2n) is 9.50. The highest BCUT2D eigenvalue weighted by atomic mass is 35.5. The fourth-order valence-corrected chi connectivity index (χ4v) is 5.14. The second-order valence-corrected chi connectivity index (χ2v) is 9.94.